The first-order valence-electron chi connectivity index (χ1n) is 6.80. The van der Waals surface area contributed by atoms with E-state index in [1.165, 1.54) is 15.6 Å². The average molecular weight is 409 g/mol. The molecule has 0 fully saturated rings. The van der Waals surface area contributed by atoms with Gasteiger partial charge in [-0.15, -0.1) is 11.3 Å². The van der Waals surface area contributed by atoms with Gasteiger partial charge in [0.1, 0.15) is 0 Å². The Morgan fingerprint density at radius 1 is 1.04 bits per heavy atom. The summed E-state index contributed by atoms with van der Waals surface area (Å²) in [4.78, 5) is 4.44. The highest BCUT2D eigenvalue weighted by molar-refractivity contribution is 9.10. The smallest absolute Gasteiger partial charge is 0.237 e. The van der Waals surface area contributed by atoms with Gasteiger partial charge in [-0.1, -0.05) is 52.3 Å². The number of nitrogens with zero attached hydrogens (tertiary/aromatic N) is 2. The second-order valence-corrected chi connectivity index (χ2v) is 8.32. The number of hydrogen-bond donors (Lipinski definition) is 0. The van der Waals surface area contributed by atoms with E-state index in [9.17, 15) is 8.42 Å². The van der Waals surface area contributed by atoms with Crippen LogP contribution in [-0.4, -0.2) is 13.4 Å². The van der Waals surface area contributed by atoms with Gasteiger partial charge >= 0.3 is 0 Å². The Bertz CT molecular complexity index is 881. The van der Waals surface area contributed by atoms with E-state index in [1.54, 1.807) is 41.9 Å². The summed E-state index contributed by atoms with van der Waals surface area (Å²) in [6.07, 6.45) is 1.60. The summed E-state index contributed by atoms with van der Waals surface area (Å²) < 4.78 is 28.3. The molecule has 0 saturated carbocycles. The number of aromatic nitrogens is 1. The molecule has 0 aliphatic rings. The van der Waals surface area contributed by atoms with Crippen molar-refractivity contribution in [3.8, 4) is 0 Å². The van der Waals surface area contributed by atoms with Crippen LogP contribution in [0.2, 0.25) is 0 Å². The first-order chi connectivity index (χ1) is 11.1. The van der Waals surface area contributed by atoms with Crippen molar-refractivity contribution in [3.63, 3.8) is 0 Å². The number of sulfonamides is 1. The van der Waals surface area contributed by atoms with Crippen LogP contribution < -0.4 is 4.31 Å². The van der Waals surface area contributed by atoms with Crippen LogP contribution in [0.25, 0.3) is 0 Å². The lowest BCUT2D eigenvalue weighted by Gasteiger charge is -2.22. The Hall–Kier alpha value is -1.70. The van der Waals surface area contributed by atoms with E-state index in [4.69, 9.17) is 0 Å². The van der Waals surface area contributed by atoms with Gasteiger partial charge in [-0.2, -0.15) is 0 Å². The summed E-state index contributed by atoms with van der Waals surface area (Å²) in [5, 5.41) is 2.22. The molecule has 0 aliphatic carbocycles. The van der Waals surface area contributed by atoms with E-state index in [-0.39, 0.29) is 11.4 Å². The van der Waals surface area contributed by atoms with Gasteiger partial charge in [0.25, 0.3) is 10.0 Å². The molecule has 118 valence electrons. The van der Waals surface area contributed by atoms with E-state index in [0.717, 1.165) is 10.0 Å². The molecule has 0 unspecified atom stereocenters. The molecule has 0 atom stereocenters. The third-order valence-electron chi connectivity index (χ3n) is 3.24. The Kier molecular flexibility index (Phi) is 4.79. The van der Waals surface area contributed by atoms with Gasteiger partial charge in [-0.25, -0.2) is 17.7 Å². The van der Waals surface area contributed by atoms with Crippen LogP contribution in [0, 0.1) is 0 Å². The number of rotatable bonds is 5. The van der Waals surface area contributed by atoms with Gasteiger partial charge in [0.2, 0.25) is 0 Å². The quantitative estimate of drug-likeness (QED) is 0.631. The Labute approximate surface area is 147 Å². The maximum atomic E-state index is 13.0. The largest absolute Gasteiger partial charge is 0.266 e. The molecule has 7 heteroatoms. The summed E-state index contributed by atoms with van der Waals surface area (Å²) in [6, 6.07) is 16.0. The van der Waals surface area contributed by atoms with E-state index in [2.05, 4.69) is 20.9 Å². The minimum absolute atomic E-state index is 0.214. The predicted octanol–water partition coefficient (Wildman–Crippen LogP) is 4.30. The fourth-order valence-electron chi connectivity index (χ4n) is 2.10. The fourth-order valence-corrected chi connectivity index (χ4v) is 4.79. The molecule has 2 aromatic carbocycles. The van der Waals surface area contributed by atoms with Gasteiger partial charge in [0.15, 0.2) is 5.13 Å². The van der Waals surface area contributed by atoms with Crippen molar-refractivity contribution in [2.75, 3.05) is 4.31 Å². The minimum atomic E-state index is -3.68. The first-order valence-corrected chi connectivity index (χ1v) is 9.91. The summed E-state index contributed by atoms with van der Waals surface area (Å²) in [6.45, 7) is 0.214. The molecule has 0 N–H and O–H groups in total. The molecule has 3 rings (SSSR count). The van der Waals surface area contributed by atoms with Crippen LogP contribution in [0.1, 0.15) is 5.56 Å². The molecule has 0 amide bonds. The van der Waals surface area contributed by atoms with Crippen LogP contribution in [0.5, 0.6) is 0 Å². The number of hydrogen-bond acceptors (Lipinski definition) is 4. The van der Waals surface area contributed by atoms with Crippen molar-refractivity contribution in [1.82, 2.24) is 4.98 Å². The zero-order valence-corrected chi connectivity index (χ0v) is 15.2. The zero-order chi connectivity index (χ0) is 16.3. The standard InChI is InChI=1S/C16H13BrN2O2S2/c17-15-9-5-4-6-13(15)12-19(16-18-10-11-22-16)23(20,21)14-7-2-1-3-8-14/h1-11H,12H2. The molecule has 1 aromatic heterocycles. The molecule has 0 spiro atoms. The predicted molar refractivity (Wildman–Crippen MR) is 96.1 cm³/mol. The van der Waals surface area contributed by atoms with Crippen LogP contribution in [0.4, 0.5) is 5.13 Å². The third-order valence-corrected chi connectivity index (χ3v) is 6.67. The molecular weight excluding hydrogens is 396 g/mol. The highest BCUT2D eigenvalue weighted by atomic mass is 79.9. The molecule has 23 heavy (non-hydrogen) atoms. The van der Waals surface area contributed by atoms with Crippen molar-refractivity contribution >= 4 is 42.4 Å². The van der Waals surface area contributed by atoms with E-state index in [0.29, 0.717) is 5.13 Å². The van der Waals surface area contributed by atoms with Crippen molar-refractivity contribution < 1.29 is 8.42 Å². The second kappa shape index (κ2) is 6.82. The highest BCUT2D eigenvalue weighted by Crippen LogP contribution is 2.29. The van der Waals surface area contributed by atoms with Gasteiger partial charge in [-0.05, 0) is 23.8 Å². The minimum Gasteiger partial charge on any atom is -0.237 e. The fraction of sp³-hybridized carbons (Fsp3) is 0.0625. The van der Waals surface area contributed by atoms with Gasteiger partial charge in [0, 0.05) is 16.0 Å². The number of halogens is 1. The van der Waals surface area contributed by atoms with Gasteiger partial charge in [-0.3, -0.25) is 0 Å². The molecule has 0 saturated heterocycles. The maximum Gasteiger partial charge on any atom is 0.266 e. The topological polar surface area (TPSA) is 50.3 Å². The Morgan fingerprint density at radius 2 is 1.74 bits per heavy atom. The van der Waals surface area contributed by atoms with Crippen molar-refractivity contribution in [1.29, 1.82) is 0 Å². The number of anilines is 1. The molecule has 0 radical (unpaired) electrons. The summed E-state index contributed by atoms with van der Waals surface area (Å²) in [7, 11) is -3.68. The lowest BCUT2D eigenvalue weighted by molar-refractivity contribution is 0.590. The van der Waals surface area contributed by atoms with E-state index < -0.39 is 10.0 Å². The first kappa shape index (κ1) is 16.2. The van der Waals surface area contributed by atoms with Crippen molar-refractivity contribution in [3.05, 3.63) is 76.2 Å². The van der Waals surface area contributed by atoms with Crippen LogP contribution in [0.15, 0.2) is 75.5 Å². The third kappa shape index (κ3) is 3.46. The normalized spacial score (nSPS) is 11.3. The van der Waals surface area contributed by atoms with E-state index in [1.807, 2.05) is 24.3 Å². The molecule has 0 bridgehead atoms. The van der Waals surface area contributed by atoms with E-state index >= 15 is 0 Å². The van der Waals surface area contributed by atoms with Gasteiger partial charge in [0.05, 0.1) is 11.4 Å². The Balaban J connectivity index is 2.06. The molecule has 3 aromatic rings. The van der Waals surface area contributed by atoms with Crippen LogP contribution in [0.3, 0.4) is 0 Å². The lowest BCUT2D eigenvalue weighted by atomic mass is 10.2. The molecule has 1 heterocycles. The molecule has 4 nitrogen and oxygen atoms in total. The molecular formula is C16H13BrN2O2S2. The zero-order valence-electron chi connectivity index (χ0n) is 12.0. The average Bonchev–Trinajstić information content (AvgIpc) is 3.09. The SMILES string of the molecule is O=S(=O)(c1ccccc1)N(Cc1ccccc1Br)c1nccs1. The van der Waals surface area contributed by atoms with Crippen LogP contribution in [-0.2, 0) is 16.6 Å². The monoisotopic (exact) mass is 408 g/mol. The number of thiazole rings is 1. The van der Waals surface area contributed by atoms with Crippen molar-refractivity contribution in [2.24, 2.45) is 0 Å². The summed E-state index contributed by atoms with van der Waals surface area (Å²) >= 11 is 4.77. The van der Waals surface area contributed by atoms with Crippen LogP contribution >= 0.6 is 27.3 Å². The lowest BCUT2D eigenvalue weighted by Crippen LogP contribution is -2.30. The second-order valence-electron chi connectivity index (χ2n) is 4.73. The number of benzene rings is 2. The Morgan fingerprint density at radius 3 is 2.39 bits per heavy atom. The summed E-state index contributed by atoms with van der Waals surface area (Å²) in [5.74, 6) is 0. The molecule has 0 aliphatic heterocycles. The highest BCUT2D eigenvalue weighted by Gasteiger charge is 2.27. The maximum absolute atomic E-state index is 13.0. The van der Waals surface area contributed by atoms with Gasteiger partial charge < -0.3 is 0 Å². The summed E-state index contributed by atoms with van der Waals surface area (Å²) in [5.41, 5.74) is 0.877. The van der Waals surface area contributed by atoms with Crippen molar-refractivity contribution in [2.45, 2.75) is 11.4 Å².